The van der Waals surface area contributed by atoms with Crippen molar-refractivity contribution in [3.05, 3.63) is 0 Å². The number of amides is 1. The van der Waals surface area contributed by atoms with Gasteiger partial charge in [-0.2, -0.15) is 0 Å². The summed E-state index contributed by atoms with van der Waals surface area (Å²) in [7, 11) is 0. The average Bonchev–Trinajstić information content (AvgIpc) is 2.08. The Labute approximate surface area is 101 Å². The van der Waals surface area contributed by atoms with E-state index >= 15 is 0 Å². The van der Waals surface area contributed by atoms with E-state index in [1.165, 1.54) is 0 Å². The molecule has 0 spiro atoms. The summed E-state index contributed by atoms with van der Waals surface area (Å²) >= 11 is 3.28. The van der Waals surface area contributed by atoms with Gasteiger partial charge in [0.2, 0.25) is 5.91 Å². The molecule has 0 aromatic carbocycles. The number of rotatable bonds is 7. The fourth-order valence-corrected chi connectivity index (χ4v) is 1.33. The molecule has 0 saturated carbocycles. The number of ether oxygens (including phenoxy) is 1. The number of alkyl halides is 1. The standard InChI is InChI=1S/C11H22BrNO2/c1-11(2,3)9-10(14)13-6-4-7-15-8-5-12/h4-9H2,1-3H3,(H,13,14). The van der Waals surface area contributed by atoms with Crippen molar-refractivity contribution in [3.8, 4) is 0 Å². The van der Waals surface area contributed by atoms with Crippen molar-refractivity contribution in [2.75, 3.05) is 25.1 Å². The number of hydrogen-bond acceptors (Lipinski definition) is 2. The molecule has 1 amide bonds. The summed E-state index contributed by atoms with van der Waals surface area (Å²) in [4.78, 5) is 11.4. The van der Waals surface area contributed by atoms with Crippen LogP contribution in [0.3, 0.4) is 0 Å². The number of halogens is 1. The van der Waals surface area contributed by atoms with Crippen LogP contribution in [0.5, 0.6) is 0 Å². The fourth-order valence-electron chi connectivity index (χ4n) is 1.10. The lowest BCUT2D eigenvalue weighted by Gasteiger charge is -2.17. The van der Waals surface area contributed by atoms with E-state index in [0.717, 1.165) is 18.4 Å². The van der Waals surface area contributed by atoms with Gasteiger partial charge in [-0.25, -0.2) is 0 Å². The molecule has 90 valence electrons. The van der Waals surface area contributed by atoms with Crippen LogP contribution in [0.25, 0.3) is 0 Å². The molecule has 0 aromatic rings. The van der Waals surface area contributed by atoms with Crippen LogP contribution in [-0.2, 0) is 9.53 Å². The quantitative estimate of drug-likeness (QED) is 0.574. The van der Waals surface area contributed by atoms with Crippen molar-refractivity contribution in [3.63, 3.8) is 0 Å². The molecule has 15 heavy (non-hydrogen) atoms. The molecule has 0 aliphatic rings. The Morgan fingerprint density at radius 2 is 2.00 bits per heavy atom. The first-order valence-corrected chi connectivity index (χ1v) is 6.48. The van der Waals surface area contributed by atoms with E-state index in [-0.39, 0.29) is 11.3 Å². The molecule has 4 heteroatoms. The van der Waals surface area contributed by atoms with Gasteiger partial charge in [0, 0.05) is 24.9 Å². The van der Waals surface area contributed by atoms with Crippen LogP contribution in [0.2, 0.25) is 0 Å². The first-order valence-electron chi connectivity index (χ1n) is 5.36. The second-order valence-electron chi connectivity index (χ2n) is 4.74. The molecule has 0 fully saturated rings. The van der Waals surface area contributed by atoms with Gasteiger partial charge in [-0.15, -0.1) is 0 Å². The highest BCUT2D eigenvalue weighted by Gasteiger charge is 2.14. The van der Waals surface area contributed by atoms with Crippen LogP contribution in [0.4, 0.5) is 0 Å². The molecular formula is C11H22BrNO2. The van der Waals surface area contributed by atoms with Crippen molar-refractivity contribution >= 4 is 21.8 Å². The molecule has 0 aromatic heterocycles. The van der Waals surface area contributed by atoms with Crippen molar-refractivity contribution in [1.29, 1.82) is 0 Å². The van der Waals surface area contributed by atoms with Crippen molar-refractivity contribution in [1.82, 2.24) is 5.32 Å². The molecule has 0 aliphatic heterocycles. The van der Waals surface area contributed by atoms with Crippen LogP contribution >= 0.6 is 15.9 Å². The Balaban J connectivity index is 3.32. The Hall–Kier alpha value is -0.0900. The third-order valence-electron chi connectivity index (χ3n) is 1.70. The minimum Gasteiger partial charge on any atom is -0.381 e. The predicted molar refractivity (Wildman–Crippen MR) is 66.3 cm³/mol. The van der Waals surface area contributed by atoms with Crippen LogP contribution in [0, 0.1) is 5.41 Å². The molecule has 3 nitrogen and oxygen atoms in total. The van der Waals surface area contributed by atoms with E-state index in [0.29, 0.717) is 19.6 Å². The van der Waals surface area contributed by atoms with Crippen LogP contribution in [0.1, 0.15) is 33.6 Å². The van der Waals surface area contributed by atoms with E-state index < -0.39 is 0 Å². The second-order valence-corrected chi connectivity index (χ2v) is 5.54. The summed E-state index contributed by atoms with van der Waals surface area (Å²) in [6, 6.07) is 0. The lowest BCUT2D eigenvalue weighted by Crippen LogP contribution is -2.28. The van der Waals surface area contributed by atoms with E-state index in [9.17, 15) is 4.79 Å². The van der Waals surface area contributed by atoms with Crippen molar-refractivity contribution in [2.45, 2.75) is 33.6 Å². The van der Waals surface area contributed by atoms with Gasteiger partial charge in [0.1, 0.15) is 0 Å². The SMILES string of the molecule is CC(C)(C)CC(=O)NCCCOCCBr. The van der Waals surface area contributed by atoms with Crippen LogP contribution in [0.15, 0.2) is 0 Å². The maximum atomic E-state index is 11.4. The zero-order valence-electron chi connectivity index (χ0n) is 9.94. The van der Waals surface area contributed by atoms with Crippen LogP contribution in [-0.4, -0.2) is 31.0 Å². The van der Waals surface area contributed by atoms with Gasteiger partial charge < -0.3 is 10.1 Å². The minimum absolute atomic E-state index is 0.0660. The fraction of sp³-hybridized carbons (Fsp3) is 0.909. The Bertz CT molecular complexity index is 178. The van der Waals surface area contributed by atoms with Gasteiger partial charge in [-0.3, -0.25) is 4.79 Å². The van der Waals surface area contributed by atoms with Gasteiger partial charge in [0.05, 0.1) is 6.61 Å². The summed E-state index contributed by atoms with van der Waals surface area (Å²) in [5.41, 5.74) is 0.0660. The van der Waals surface area contributed by atoms with Crippen molar-refractivity contribution in [2.24, 2.45) is 5.41 Å². The number of carbonyl (C=O) groups is 1. The number of nitrogens with one attached hydrogen (secondary N) is 1. The molecule has 0 atom stereocenters. The zero-order valence-corrected chi connectivity index (χ0v) is 11.5. The molecular weight excluding hydrogens is 258 g/mol. The second kappa shape index (κ2) is 8.11. The molecule has 1 N–H and O–H groups in total. The third-order valence-corrected chi connectivity index (χ3v) is 2.02. The lowest BCUT2D eigenvalue weighted by molar-refractivity contribution is -0.122. The molecule has 0 unspecified atom stereocenters. The monoisotopic (exact) mass is 279 g/mol. The summed E-state index contributed by atoms with van der Waals surface area (Å²) in [6.45, 7) is 8.33. The number of hydrogen-bond donors (Lipinski definition) is 1. The summed E-state index contributed by atoms with van der Waals surface area (Å²) in [5.74, 6) is 0.128. The molecule has 0 radical (unpaired) electrons. The van der Waals surface area contributed by atoms with Crippen LogP contribution < -0.4 is 5.32 Å². The Kier molecular flexibility index (Phi) is 8.06. The first-order chi connectivity index (χ1) is 6.95. The van der Waals surface area contributed by atoms with E-state index in [1.807, 2.05) is 0 Å². The maximum Gasteiger partial charge on any atom is 0.220 e. The molecule has 0 heterocycles. The molecule has 0 saturated heterocycles. The van der Waals surface area contributed by atoms with Crippen molar-refractivity contribution < 1.29 is 9.53 Å². The average molecular weight is 280 g/mol. The van der Waals surface area contributed by atoms with Gasteiger partial charge in [0.25, 0.3) is 0 Å². The molecule has 0 bridgehead atoms. The smallest absolute Gasteiger partial charge is 0.220 e. The van der Waals surface area contributed by atoms with E-state index in [1.54, 1.807) is 0 Å². The summed E-state index contributed by atoms with van der Waals surface area (Å²) in [5, 5.41) is 3.75. The third kappa shape index (κ3) is 11.8. The Morgan fingerprint density at radius 3 is 2.53 bits per heavy atom. The largest absolute Gasteiger partial charge is 0.381 e. The molecule has 0 rings (SSSR count). The minimum atomic E-state index is 0.0660. The maximum absolute atomic E-state index is 11.4. The Morgan fingerprint density at radius 1 is 1.33 bits per heavy atom. The number of carbonyl (C=O) groups excluding carboxylic acids is 1. The highest BCUT2D eigenvalue weighted by atomic mass is 79.9. The molecule has 0 aliphatic carbocycles. The lowest BCUT2D eigenvalue weighted by atomic mass is 9.92. The highest BCUT2D eigenvalue weighted by molar-refractivity contribution is 9.09. The normalized spacial score (nSPS) is 11.5. The van der Waals surface area contributed by atoms with Gasteiger partial charge in [-0.1, -0.05) is 36.7 Å². The predicted octanol–water partition coefficient (Wildman–Crippen LogP) is 2.34. The first kappa shape index (κ1) is 14.9. The van der Waals surface area contributed by atoms with E-state index in [2.05, 4.69) is 42.0 Å². The highest BCUT2D eigenvalue weighted by Crippen LogP contribution is 2.17. The van der Waals surface area contributed by atoms with Gasteiger partial charge >= 0.3 is 0 Å². The van der Waals surface area contributed by atoms with E-state index in [4.69, 9.17) is 4.74 Å². The van der Waals surface area contributed by atoms with Gasteiger partial charge in [-0.05, 0) is 11.8 Å². The summed E-state index contributed by atoms with van der Waals surface area (Å²) < 4.78 is 5.27. The van der Waals surface area contributed by atoms with Gasteiger partial charge in [0.15, 0.2) is 0 Å². The zero-order chi connectivity index (χ0) is 11.7. The summed E-state index contributed by atoms with van der Waals surface area (Å²) in [6.07, 6.45) is 1.46. The topological polar surface area (TPSA) is 38.3 Å².